The van der Waals surface area contributed by atoms with Crippen molar-refractivity contribution in [2.45, 2.75) is 6.92 Å². The van der Waals surface area contributed by atoms with Crippen LogP contribution in [0.3, 0.4) is 0 Å². The topological polar surface area (TPSA) is 98.0 Å². The molecule has 108 valence electrons. The lowest BCUT2D eigenvalue weighted by molar-refractivity contribution is -0.384. The number of benzene rings is 1. The monoisotopic (exact) mass is 326 g/mol. The lowest BCUT2D eigenvalue weighted by Gasteiger charge is -2.07. The summed E-state index contributed by atoms with van der Waals surface area (Å²) in [5.74, 6) is -0.446. The number of carbonyl (C=O) groups is 1. The Balaban J connectivity index is 2.31. The number of hydrogen-bond donors (Lipinski definition) is 1. The van der Waals surface area contributed by atoms with Gasteiger partial charge in [-0.2, -0.15) is 0 Å². The van der Waals surface area contributed by atoms with Crippen LogP contribution in [0, 0.1) is 17.0 Å². The van der Waals surface area contributed by atoms with E-state index >= 15 is 0 Å². The fourth-order valence-corrected chi connectivity index (χ4v) is 2.01. The summed E-state index contributed by atoms with van der Waals surface area (Å²) in [6.45, 7) is 1.67. The molecule has 1 N–H and O–H groups in total. The molecule has 0 fully saturated rings. The van der Waals surface area contributed by atoms with Crippen LogP contribution in [0.1, 0.15) is 15.9 Å². The number of nitro groups is 1. The zero-order chi connectivity index (χ0) is 15.6. The van der Waals surface area contributed by atoms with E-state index in [0.29, 0.717) is 5.56 Å². The number of aromatic nitrogens is 2. The van der Waals surface area contributed by atoms with Gasteiger partial charge in [0.25, 0.3) is 11.6 Å². The summed E-state index contributed by atoms with van der Waals surface area (Å²) >= 11 is 11.3. The van der Waals surface area contributed by atoms with Gasteiger partial charge in [0.05, 0.1) is 4.92 Å². The van der Waals surface area contributed by atoms with Crippen molar-refractivity contribution in [3.8, 4) is 0 Å². The van der Waals surface area contributed by atoms with Crippen molar-refractivity contribution in [1.82, 2.24) is 9.97 Å². The summed E-state index contributed by atoms with van der Waals surface area (Å²) in [4.78, 5) is 29.8. The summed E-state index contributed by atoms with van der Waals surface area (Å²) in [5, 5.41) is 13.2. The smallest absolute Gasteiger partial charge is 0.270 e. The second-order valence-corrected chi connectivity index (χ2v) is 4.78. The van der Waals surface area contributed by atoms with Gasteiger partial charge in [-0.25, -0.2) is 9.97 Å². The molecule has 9 heteroatoms. The molecule has 0 saturated heterocycles. The highest BCUT2D eigenvalue weighted by Gasteiger charge is 2.15. The molecule has 0 spiro atoms. The maximum absolute atomic E-state index is 12.2. The van der Waals surface area contributed by atoms with Crippen LogP contribution in [0.15, 0.2) is 24.3 Å². The van der Waals surface area contributed by atoms with Gasteiger partial charge in [-0.1, -0.05) is 17.7 Å². The predicted octanol–water partition coefficient (Wildman–Crippen LogP) is 3.25. The lowest BCUT2D eigenvalue weighted by atomic mass is 10.1. The zero-order valence-corrected chi connectivity index (χ0v) is 12.1. The number of nitrogens with zero attached hydrogens (tertiary/aromatic N) is 3. The Morgan fingerprint density at radius 1 is 1.29 bits per heavy atom. The van der Waals surface area contributed by atoms with Crippen LogP contribution in [-0.4, -0.2) is 20.8 Å². The highest BCUT2D eigenvalue weighted by atomic mass is 35.5. The van der Waals surface area contributed by atoms with Crippen molar-refractivity contribution in [3.05, 3.63) is 55.9 Å². The number of amides is 1. The predicted molar refractivity (Wildman–Crippen MR) is 77.8 cm³/mol. The van der Waals surface area contributed by atoms with E-state index in [0.717, 1.165) is 0 Å². The summed E-state index contributed by atoms with van der Waals surface area (Å²) in [6.07, 6.45) is 0. The summed E-state index contributed by atoms with van der Waals surface area (Å²) in [6, 6.07) is 5.32. The molecule has 1 aromatic heterocycles. The molecule has 0 aliphatic heterocycles. The molecule has 2 aromatic rings. The van der Waals surface area contributed by atoms with Crippen LogP contribution in [0.25, 0.3) is 0 Å². The quantitative estimate of drug-likeness (QED) is 0.404. The molecule has 0 saturated carbocycles. The zero-order valence-electron chi connectivity index (χ0n) is 10.6. The first-order valence-corrected chi connectivity index (χ1v) is 6.39. The third kappa shape index (κ3) is 3.65. The summed E-state index contributed by atoms with van der Waals surface area (Å²) in [7, 11) is 0. The van der Waals surface area contributed by atoms with Crippen molar-refractivity contribution in [2.24, 2.45) is 0 Å². The molecule has 0 radical (unpaired) electrons. The minimum absolute atomic E-state index is 0.0704. The maximum atomic E-state index is 12.2. The Morgan fingerprint density at radius 3 is 2.62 bits per heavy atom. The molecule has 2 rings (SSSR count). The van der Waals surface area contributed by atoms with Gasteiger partial charge in [0.15, 0.2) is 0 Å². The number of aryl methyl sites for hydroxylation is 1. The van der Waals surface area contributed by atoms with Crippen molar-refractivity contribution < 1.29 is 9.72 Å². The summed E-state index contributed by atoms with van der Waals surface area (Å²) in [5.41, 5.74) is 0.573. The average Bonchev–Trinajstić information content (AvgIpc) is 2.37. The van der Waals surface area contributed by atoms with Crippen LogP contribution in [0.4, 0.5) is 11.5 Å². The molecule has 1 amide bonds. The van der Waals surface area contributed by atoms with Crippen molar-refractivity contribution in [2.75, 3.05) is 5.32 Å². The second-order valence-electron chi connectivity index (χ2n) is 4.06. The lowest BCUT2D eigenvalue weighted by Crippen LogP contribution is -2.15. The molecule has 0 unspecified atom stereocenters. The number of carbonyl (C=O) groups excluding carboxylic acids is 1. The van der Waals surface area contributed by atoms with E-state index < -0.39 is 10.8 Å². The SMILES string of the molecule is Cc1ccc([N+](=O)[O-])cc1C(=O)Nc1cc(Cl)nc(Cl)n1. The van der Waals surface area contributed by atoms with E-state index in [-0.39, 0.29) is 27.5 Å². The number of anilines is 1. The Labute approximate surface area is 129 Å². The van der Waals surface area contributed by atoms with Gasteiger partial charge in [0.1, 0.15) is 11.0 Å². The largest absolute Gasteiger partial charge is 0.306 e. The van der Waals surface area contributed by atoms with Gasteiger partial charge < -0.3 is 5.32 Å². The minimum atomic E-state index is -0.575. The van der Waals surface area contributed by atoms with Gasteiger partial charge in [-0.3, -0.25) is 14.9 Å². The van der Waals surface area contributed by atoms with Crippen LogP contribution < -0.4 is 5.32 Å². The Kier molecular flexibility index (Phi) is 4.35. The van der Waals surface area contributed by atoms with Gasteiger partial charge in [0.2, 0.25) is 5.28 Å². The normalized spacial score (nSPS) is 10.2. The van der Waals surface area contributed by atoms with Crippen LogP contribution in [0.2, 0.25) is 10.4 Å². The van der Waals surface area contributed by atoms with Crippen molar-refractivity contribution in [3.63, 3.8) is 0 Å². The van der Waals surface area contributed by atoms with E-state index in [1.165, 1.54) is 24.3 Å². The molecule has 1 heterocycles. The Morgan fingerprint density at radius 2 is 2.00 bits per heavy atom. The van der Waals surface area contributed by atoms with Gasteiger partial charge in [0, 0.05) is 23.8 Å². The van der Waals surface area contributed by atoms with E-state index in [9.17, 15) is 14.9 Å². The molecule has 21 heavy (non-hydrogen) atoms. The third-order valence-corrected chi connectivity index (χ3v) is 2.95. The highest BCUT2D eigenvalue weighted by Crippen LogP contribution is 2.20. The summed E-state index contributed by atoms with van der Waals surface area (Å²) < 4.78 is 0. The van der Waals surface area contributed by atoms with Gasteiger partial charge >= 0.3 is 0 Å². The van der Waals surface area contributed by atoms with Crippen LogP contribution in [0.5, 0.6) is 0 Å². The number of nitrogens with one attached hydrogen (secondary N) is 1. The van der Waals surface area contributed by atoms with E-state index in [2.05, 4.69) is 15.3 Å². The fraction of sp³-hybridized carbons (Fsp3) is 0.0833. The van der Waals surface area contributed by atoms with E-state index in [4.69, 9.17) is 23.2 Å². The maximum Gasteiger partial charge on any atom is 0.270 e. The average molecular weight is 327 g/mol. The molecule has 0 atom stereocenters. The number of non-ortho nitro benzene ring substituents is 1. The van der Waals surface area contributed by atoms with Crippen molar-refractivity contribution >= 4 is 40.6 Å². The highest BCUT2D eigenvalue weighted by molar-refractivity contribution is 6.32. The minimum Gasteiger partial charge on any atom is -0.306 e. The Bertz CT molecular complexity index is 716. The molecular weight excluding hydrogens is 319 g/mol. The van der Waals surface area contributed by atoms with Crippen molar-refractivity contribution in [1.29, 1.82) is 0 Å². The Hall–Kier alpha value is -2.25. The first-order valence-electron chi connectivity index (χ1n) is 5.63. The third-order valence-electron chi connectivity index (χ3n) is 2.59. The molecule has 0 bridgehead atoms. The molecule has 1 aromatic carbocycles. The van der Waals surface area contributed by atoms with E-state index in [1.807, 2.05) is 0 Å². The number of halogens is 2. The number of rotatable bonds is 3. The number of hydrogen-bond acceptors (Lipinski definition) is 5. The first kappa shape index (κ1) is 15.1. The molecule has 0 aliphatic carbocycles. The van der Waals surface area contributed by atoms with Gasteiger partial charge in [-0.15, -0.1) is 0 Å². The molecule has 7 nitrogen and oxygen atoms in total. The van der Waals surface area contributed by atoms with E-state index in [1.54, 1.807) is 6.92 Å². The second kappa shape index (κ2) is 6.02. The fourth-order valence-electron chi connectivity index (χ4n) is 1.61. The standard InChI is InChI=1S/C12H8Cl2N4O3/c1-6-2-3-7(18(20)21)4-8(6)11(19)16-10-5-9(13)15-12(14)17-10/h2-5H,1H3,(H,15,16,17,19). The van der Waals surface area contributed by atoms with Crippen LogP contribution in [-0.2, 0) is 0 Å². The van der Waals surface area contributed by atoms with Gasteiger partial charge in [-0.05, 0) is 24.1 Å². The van der Waals surface area contributed by atoms with Crippen LogP contribution >= 0.6 is 23.2 Å². The molecular formula is C12H8Cl2N4O3. The molecule has 0 aliphatic rings. The first-order chi connectivity index (χ1) is 9.86. The number of nitro benzene ring substituents is 1.